The van der Waals surface area contributed by atoms with Crippen LogP contribution in [0.4, 0.5) is 0 Å². The average Bonchev–Trinajstić information content (AvgIpc) is 2.62. The lowest BCUT2D eigenvalue weighted by Gasteiger charge is -2.16. The zero-order chi connectivity index (χ0) is 18.0. The number of halogens is 1. The molecule has 3 rings (SSSR count). The zero-order valence-corrected chi connectivity index (χ0v) is 15.4. The van der Waals surface area contributed by atoms with Crippen molar-refractivity contribution in [1.82, 2.24) is 9.55 Å². The first-order valence-electron chi connectivity index (χ1n) is 7.82. The first kappa shape index (κ1) is 17.5. The van der Waals surface area contributed by atoms with Crippen molar-refractivity contribution in [1.29, 1.82) is 5.26 Å². The normalized spacial score (nSPS) is 12.1. The van der Waals surface area contributed by atoms with E-state index in [0.717, 1.165) is 5.56 Å². The minimum absolute atomic E-state index is 0.136. The van der Waals surface area contributed by atoms with E-state index >= 15 is 0 Å². The highest BCUT2D eigenvalue weighted by molar-refractivity contribution is 7.99. The van der Waals surface area contributed by atoms with Crippen LogP contribution in [-0.2, 0) is 0 Å². The Labute approximate surface area is 155 Å². The standard InChI is InChI=1S/C19H16ClN3OS/c1-12(10-21)11-25-19-22-16-8-4-3-6-14(16)18(24)23(19)17-9-5-7-15(20)13(17)2/h3-9,12H,11H2,1-2H3/t12-/m0/s1. The predicted octanol–water partition coefficient (Wildman–Crippen LogP) is 4.60. The molecule has 3 aromatic rings. The maximum Gasteiger partial charge on any atom is 0.266 e. The van der Waals surface area contributed by atoms with Gasteiger partial charge in [-0.15, -0.1) is 0 Å². The maximum atomic E-state index is 13.1. The molecule has 0 radical (unpaired) electrons. The molecular formula is C19H16ClN3OS. The van der Waals surface area contributed by atoms with Gasteiger partial charge in [0.25, 0.3) is 5.56 Å². The fourth-order valence-electron chi connectivity index (χ4n) is 2.50. The summed E-state index contributed by atoms with van der Waals surface area (Å²) in [5, 5.41) is 10.8. The molecule has 0 bridgehead atoms. The van der Waals surface area contributed by atoms with Gasteiger partial charge in [0.1, 0.15) is 0 Å². The van der Waals surface area contributed by atoms with Crippen molar-refractivity contribution in [3.63, 3.8) is 0 Å². The third-order valence-corrected chi connectivity index (χ3v) is 5.52. The second-order valence-electron chi connectivity index (χ2n) is 5.78. The molecule has 126 valence electrons. The molecule has 1 heterocycles. The lowest BCUT2D eigenvalue weighted by Crippen LogP contribution is -2.22. The summed E-state index contributed by atoms with van der Waals surface area (Å²) < 4.78 is 1.60. The number of hydrogen-bond acceptors (Lipinski definition) is 4. The van der Waals surface area contributed by atoms with Crippen LogP contribution in [0.5, 0.6) is 0 Å². The number of hydrogen-bond donors (Lipinski definition) is 0. The molecule has 4 nitrogen and oxygen atoms in total. The summed E-state index contributed by atoms with van der Waals surface area (Å²) in [4.78, 5) is 17.8. The highest BCUT2D eigenvalue weighted by atomic mass is 35.5. The van der Waals surface area contributed by atoms with E-state index < -0.39 is 0 Å². The van der Waals surface area contributed by atoms with Gasteiger partial charge in [-0.1, -0.05) is 41.6 Å². The first-order valence-corrected chi connectivity index (χ1v) is 9.19. The van der Waals surface area contributed by atoms with E-state index in [1.165, 1.54) is 11.8 Å². The van der Waals surface area contributed by atoms with Crippen LogP contribution in [0.1, 0.15) is 12.5 Å². The SMILES string of the molecule is Cc1c(Cl)cccc1-n1c(SC[C@@H](C)C#N)nc2ccccc2c1=O. The lowest BCUT2D eigenvalue weighted by molar-refractivity contribution is 0.803. The van der Waals surface area contributed by atoms with Crippen molar-refractivity contribution in [3.8, 4) is 11.8 Å². The minimum Gasteiger partial charge on any atom is -0.268 e. The number of benzene rings is 2. The molecule has 0 spiro atoms. The van der Waals surface area contributed by atoms with Crippen molar-refractivity contribution >= 4 is 34.3 Å². The Morgan fingerprint density at radius 2 is 2.04 bits per heavy atom. The number of nitrogens with zero attached hydrogens (tertiary/aromatic N) is 3. The molecule has 0 unspecified atom stereocenters. The second-order valence-corrected chi connectivity index (χ2v) is 7.17. The van der Waals surface area contributed by atoms with Gasteiger partial charge in [0.05, 0.1) is 28.6 Å². The van der Waals surface area contributed by atoms with Crippen LogP contribution in [0.3, 0.4) is 0 Å². The highest BCUT2D eigenvalue weighted by Crippen LogP contribution is 2.27. The minimum atomic E-state index is -0.137. The fraction of sp³-hybridized carbons (Fsp3) is 0.211. The molecule has 1 aromatic heterocycles. The van der Waals surface area contributed by atoms with Crippen molar-refractivity contribution in [3.05, 3.63) is 63.4 Å². The Balaban J connectivity index is 2.27. The molecule has 0 saturated carbocycles. The predicted molar refractivity (Wildman–Crippen MR) is 103 cm³/mol. The quantitative estimate of drug-likeness (QED) is 0.498. The van der Waals surface area contributed by atoms with Crippen LogP contribution in [0.2, 0.25) is 5.02 Å². The van der Waals surface area contributed by atoms with Crippen molar-refractivity contribution in [2.24, 2.45) is 5.92 Å². The van der Waals surface area contributed by atoms with Gasteiger partial charge < -0.3 is 0 Å². The second kappa shape index (κ2) is 7.30. The Kier molecular flexibility index (Phi) is 5.12. The Bertz CT molecular complexity index is 1040. The molecule has 0 aliphatic heterocycles. The van der Waals surface area contributed by atoms with Crippen LogP contribution in [0.25, 0.3) is 16.6 Å². The number of rotatable bonds is 4. The summed E-state index contributed by atoms with van der Waals surface area (Å²) in [5.41, 5.74) is 2.04. The van der Waals surface area contributed by atoms with Crippen molar-refractivity contribution < 1.29 is 0 Å². The Morgan fingerprint density at radius 1 is 1.28 bits per heavy atom. The number of nitriles is 1. The average molecular weight is 370 g/mol. The van der Waals surface area contributed by atoms with Gasteiger partial charge in [0.15, 0.2) is 5.16 Å². The van der Waals surface area contributed by atoms with Gasteiger partial charge in [-0.3, -0.25) is 9.36 Å². The molecule has 2 aromatic carbocycles. The molecule has 0 fully saturated rings. The van der Waals surface area contributed by atoms with Gasteiger partial charge in [0, 0.05) is 10.8 Å². The molecule has 6 heteroatoms. The van der Waals surface area contributed by atoms with E-state index in [-0.39, 0.29) is 11.5 Å². The lowest BCUT2D eigenvalue weighted by atomic mass is 10.2. The van der Waals surface area contributed by atoms with Crippen LogP contribution in [0, 0.1) is 24.2 Å². The number of para-hydroxylation sites is 1. The summed E-state index contributed by atoms with van der Waals surface area (Å²) in [6, 6.07) is 15.0. The van der Waals surface area contributed by atoms with Crippen LogP contribution in [-0.4, -0.2) is 15.3 Å². The molecule has 0 amide bonds. The molecule has 0 saturated heterocycles. The summed E-state index contributed by atoms with van der Waals surface area (Å²) in [6.07, 6.45) is 0. The van der Waals surface area contributed by atoms with E-state index in [1.807, 2.05) is 44.2 Å². The number of thioether (sulfide) groups is 1. The largest absolute Gasteiger partial charge is 0.268 e. The van der Waals surface area contributed by atoms with E-state index in [9.17, 15) is 4.79 Å². The third-order valence-electron chi connectivity index (χ3n) is 3.91. The van der Waals surface area contributed by atoms with Crippen molar-refractivity contribution in [2.45, 2.75) is 19.0 Å². The number of fused-ring (bicyclic) bond motifs is 1. The van der Waals surface area contributed by atoms with E-state index in [0.29, 0.717) is 32.5 Å². The summed E-state index contributed by atoms with van der Waals surface area (Å²) in [7, 11) is 0. The van der Waals surface area contributed by atoms with Gasteiger partial charge in [0.2, 0.25) is 0 Å². The first-order chi connectivity index (χ1) is 12.0. The molecule has 1 atom stereocenters. The third kappa shape index (κ3) is 3.41. The van der Waals surface area contributed by atoms with E-state index in [2.05, 4.69) is 11.1 Å². The smallest absolute Gasteiger partial charge is 0.266 e. The summed E-state index contributed by atoms with van der Waals surface area (Å²) in [5.74, 6) is 0.420. The van der Waals surface area contributed by atoms with Gasteiger partial charge >= 0.3 is 0 Å². The van der Waals surface area contributed by atoms with Crippen molar-refractivity contribution in [2.75, 3.05) is 5.75 Å². The van der Waals surface area contributed by atoms with Crippen LogP contribution < -0.4 is 5.56 Å². The summed E-state index contributed by atoms with van der Waals surface area (Å²) >= 11 is 7.66. The Morgan fingerprint density at radius 3 is 2.80 bits per heavy atom. The monoisotopic (exact) mass is 369 g/mol. The van der Waals surface area contributed by atoms with Gasteiger partial charge in [-0.2, -0.15) is 5.26 Å². The Hall–Kier alpha value is -2.29. The molecular weight excluding hydrogens is 354 g/mol. The van der Waals surface area contributed by atoms with Crippen LogP contribution >= 0.6 is 23.4 Å². The molecule has 0 aliphatic rings. The summed E-state index contributed by atoms with van der Waals surface area (Å²) in [6.45, 7) is 3.73. The van der Waals surface area contributed by atoms with Gasteiger partial charge in [-0.05, 0) is 43.7 Å². The maximum absolute atomic E-state index is 13.1. The fourth-order valence-corrected chi connectivity index (χ4v) is 3.61. The molecule has 25 heavy (non-hydrogen) atoms. The zero-order valence-electron chi connectivity index (χ0n) is 13.9. The topological polar surface area (TPSA) is 58.7 Å². The van der Waals surface area contributed by atoms with E-state index in [1.54, 1.807) is 16.7 Å². The molecule has 0 aliphatic carbocycles. The highest BCUT2D eigenvalue weighted by Gasteiger charge is 2.16. The van der Waals surface area contributed by atoms with Crippen LogP contribution in [0.15, 0.2) is 52.4 Å². The molecule has 0 N–H and O–H groups in total. The van der Waals surface area contributed by atoms with Gasteiger partial charge in [-0.25, -0.2) is 4.98 Å². The van der Waals surface area contributed by atoms with E-state index in [4.69, 9.17) is 16.9 Å². The number of aromatic nitrogens is 2.